The van der Waals surface area contributed by atoms with Crippen molar-refractivity contribution in [2.24, 2.45) is 5.92 Å². The molecule has 0 radical (unpaired) electrons. The number of likely N-dealkylation sites (tertiary alicyclic amines) is 1. The highest BCUT2D eigenvalue weighted by Crippen LogP contribution is 2.17. The second kappa shape index (κ2) is 4.84. The molecule has 0 saturated carbocycles. The molecule has 1 atom stereocenters. The summed E-state index contributed by atoms with van der Waals surface area (Å²) in [6, 6.07) is 0.135. The van der Waals surface area contributed by atoms with Crippen LogP contribution in [0.25, 0.3) is 0 Å². The van der Waals surface area contributed by atoms with E-state index in [-0.39, 0.29) is 6.03 Å². The molecule has 1 N–H and O–H groups in total. The molecule has 2 rings (SSSR count). The number of urea groups is 1. The van der Waals surface area contributed by atoms with E-state index >= 15 is 0 Å². The second-order valence-corrected chi connectivity index (χ2v) is 4.58. The van der Waals surface area contributed by atoms with Gasteiger partial charge in [-0.3, -0.25) is 0 Å². The molecule has 2 fully saturated rings. The maximum atomic E-state index is 11.5. The van der Waals surface area contributed by atoms with Crippen molar-refractivity contribution in [2.45, 2.75) is 19.8 Å². The minimum atomic E-state index is 0.135. The van der Waals surface area contributed by atoms with E-state index in [9.17, 15) is 4.79 Å². The number of hydrogen-bond acceptors (Lipinski definition) is 2. The quantitative estimate of drug-likeness (QED) is 0.747. The van der Waals surface area contributed by atoms with Gasteiger partial charge in [-0.25, -0.2) is 4.79 Å². The van der Waals surface area contributed by atoms with Gasteiger partial charge in [-0.15, -0.1) is 0 Å². The third-order valence-electron chi connectivity index (χ3n) is 3.46. The molecular weight excluding hydrogens is 190 g/mol. The highest BCUT2D eigenvalue weighted by atomic mass is 16.2. The van der Waals surface area contributed by atoms with E-state index in [1.165, 1.54) is 19.5 Å². The first-order valence-corrected chi connectivity index (χ1v) is 6.04. The van der Waals surface area contributed by atoms with Gasteiger partial charge in [0.05, 0.1) is 0 Å². The molecule has 2 aliphatic rings. The Hall–Kier alpha value is -0.770. The highest BCUT2D eigenvalue weighted by molar-refractivity contribution is 5.74. The van der Waals surface area contributed by atoms with Crippen LogP contribution in [0.1, 0.15) is 19.8 Å². The summed E-state index contributed by atoms with van der Waals surface area (Å²) in [6.07, 6.45) is 2.34. The van der Waals surface area contributed by atoms with Gasteiger partial charge in [0.1, 0.15) is 0 Å². The summed E-state index contributed by atoms with van der Waals surface area (Å²) < 4.78 is 0. The number of nitrogens with one attached hydrogen (secondary N) is 1. The number of carbonyl (C=O) groups excluding carboxylic acids is 1. The minimum Gasteiger partial charge on any atom is -0.338 e. The third-order valence-corrected chi connectivity index (χ3v) is 3.46. The molecule has 86 valence electrons. The number of amides is 2. The Labute approximate surface area is 91.6 Å². The Bertz CT molecular complexity index is 232. The molecule has 2 aliphatic heterocycles. The molecule has 2 heterocycles. The molecule has 0 aromatic rings. The van der Waals surface area contributed by atoms with Crippen LogP contribution in [0, 0.1) is 5.92 Å². The largest absolute Gasteiger partial charge is 0.338 e. The van der Waals surface area contributed by atoms with Crippen molar-refractivity contribution in [2.75, 3.05) is 39.3 Å². The van der Waals surface area contributed by atoms with Crippen LogP contribution in [-0.2, 0) is 0 Å². The van der Waals surface area contributed by atoms with Crippen LogP contribution >= 0.6 is 0 Å². The van der Waals surface area contributed by atoms with Crippen molar-refractivity contribution in [3.63, 3.8) is 0 Å². The zero-order valence-electron chi connectivity index (χ0n) is 9.54. The van der Waals surface area contributed by atoms with Crippen molar-refractivity contribution in [1.29, 1.82) is 0 Å². The van der Waals surface area contributed by atoms with Crippen LogP contribution in [0.5, 0.6) is 0 Å². The predicted octanol–water partition coefficient (Wildman–Crippen LogP) is 0.744. The topological polar surface area (TPSA) is 35.6 Å². The first-order chi connectivity index (χ1) is 7.29. The average molecular weight is 211 g/mol. The lowest BCUT2D eigenvalue weighted by Gasteiger charge is -2.29. The monoisotopic (exact) mass is 211 g/mol. The van der Waals surface area contributed by atoms with Crippen LogP contribution in [-0.4, -0.2) is 55.1 Å². The van der Waals surface area contributed by atoms with Crippen molar-refractivity contribution in [3.8, 4) is 0 Å². The fourth-order valence-corrected chi connectivity index (χ4v) is 2.51. The summed E-state index contributed by atoms with van der Waals surface area (Å²) in [6.45, 7) is 8.45. The maximum absolute atomic E-state index is 11.5. The van der Waals surface area contributed by atoms with Gasteiger partial charge in [0, 0.05) is 26.2 Å². The van der Waals surface area contributed by atoms with Gasteiger partial charge < -0.3 is 15.1 Å². The molecule has 0 bridgehead atoms. The van der Waals surface area contributed by atoms with E-state index in [2.05, 4.69) is 17.1 Å². The minimum absolute atomic E-state index is 0.135. The van der Waals surface area contributed by atoms with Crippen molar-refractivity contribution >= 4 is 6.03 Å². The Morgan fingerprint density at radius 1 is 1.47 bits per heavy atom. The summed E-state index contributed by atoms with van der Waals surface area (Å²) in [5.41, 5.74) is 0. The normalized spacial score (nSPS) is 28.2. The van der Waals surface area contributed by atoms with E-state index in [0.29, 0.717) is 5.92 Å². The number of rotatable bonds is 3. The molecule has 1 unspecified atom stereocenters. The van der Waals surface area contributed by atoms with Crippen molar-refractivity contribution in [1.82, 2.24) is 15.1 Å². The van der Waals surface area contributed by atoms with Gasteiger partial charge in [0.25, 0.3) is 0 Å². The third kappa shape index (κ3) is 2.62. The smallest absolute Gasteiger partial charge is 0.317 e. The summed E-state index contributed by atoms with van der Waals surface area (Å²) in [4.78, 5) is 16.0. The molecular formula is C11H21N3O. The highest BCUT2D eigenvalue weighted by Gasteiger charge is 2.26. The second-order valence-electron chi connectivity index (χ2n) is 4.58. The van der Waals surface area contributed by atoms with Crippen LogP contribution < -0.4 is 5.32 Å². The zero-order chi connectivity index (χ0) is 10.7. The van der Waals surface area contributed by atoms with Gasteiger partial charge in [0.15, 0.2) is 0 Å². The Morgan fingerprint density at radius 2 is 2.33 bits per heavy atom. The fraction of sp³-hybridized carbons (Fsp3) is 0.909. The Morgan fingerprint density at radius 3 is 3.00 bits per heavy atom. The van der Waals surface area contributed by atoms with Crippen LogP contribution in [0.2, 0.25) is 0 Å². The SMILES string of the molecule is CCN1CCC(CN2CCCNC2=O)C1. The van der Waals surface area contributed by atoms with Crippen molar-refractivity contribution in [3.05, 3.63) is 0 Å². The van der Waals surface area contributed by atoms with Crippen LogP contribution in [0.15, 0.2) is 0 Å². The van der Waals surface area contributed by atoms with Crippen LogP contribution in [0.4, 0.5) is 4.79 Å². The van der Waals surface area contributed by atoms with E-state index in [4.69, 9.17) is 0 Å². The summed E-state index contributed by atoms with van der Waals surface area (Å²) in [7, 11) is 0. The molecule has 15 heavy (non-hydrogen) atoms. The molecule has 2 amide bonds. The molecule has 4 nitrogen and oxygen atoms in total. The average Bonchev–Trinajstić information content (AvgIpc) is 2.69. The maximum Gasteiger partial charge on any atom is 0.317 e. The predicted molar refractivity (Wildman–Crippen MR) is 59.8 cm³/mol. The Balaban J connectivity index is 1.79. The molecule has 0 spiro atoms. The number of nitrogens with zero attached hydrogens (tertiary/aromatic N) is 2. The number of hydrogen-bond donors (Lipinski definition) is 1. The molecule has 0 aromatic heterocycles. The molecule has 0 aromatic carbocycles. The van der Waals surface area contributed by atoms with Gasteiger partial charge in [0.2, 0.25) is 0 Å². The van der Waals surface area contributed by atoms with E-state index in [0.717, 1.165) is 32.6 Å². The van der Waals surface area contributed by atoms with E-state index in [1.807, 2.05) is 4.90 Å². The van der Waals surface area contributed by atoms with Crippen molar-refractivity contribution < 1.29 is 4.79 Å². The molecule has 4 heteroatoms. The summed E-state index contributed by atoms with van der Waals surface area (Å²) in [5.74, 6) is 0.689. The zero-order valence-corrected chi connectivity index (χ0v) is 9.54. The fourth-order valence-electron chi connectivity index (χ4n) is 2.51. The van der Waals surface area contributed by atoms with E-state index < -0.39 is 0 Å². The number of carbonyl (C=O) groups is 1. The lowest BCUT2D eigenvalue weighted by Crippen LogP contribution is -2.48. The lowest BCUT2D eigenvalue weighted by atomic mass is 10.1. The van der Waals surface area contributed by atoms with Gasteiger partial charge in [-0.2, -0.15) is 0 Å². The Kier molecular flexibility index (Phi) is 3.46. The van der Waals surface area contributed by atoms with E-state index in [1.54, 1.807) is 0 Å². The standard InChI is InChI=1S/C11H21N3O/c1-2-13-7-4-10(8-13)9-14-6-3-5-12-11(14)15/h10H,2-9H2,1H3,(H,12,15). The molecule has 2 saturated heterocycles. The van der Waals surface area contributed by atoms with Gasteiger partial charge in [-0.05, 0) is 31.8 Å². The first-order valence-electron chi connectivity index (χ1n) is 6.04. The lowest BCUT2D eigenvalue weighted by molar-refractivity contribution is 0.175. The summed E-state index contributed by atoms with van der Waals surface area (Å²) >= 11 is 0. The van der Waals surface area contributed by atoms with Gasteiger partial charge in [-0.1, -0.05) is 6.92 Å². The molecule has 0 aliphatic carbocycles. The first kappa shape index (κ1) is 10.7. The van der Waals surface area contributed by atoms with Gasteiger partial charge >= 0.3 is 6.03 Å². The summed E-state index contributed by atoms with van der Waals surface area (Å²) in [5, 5.41) is 2.90. The van der Waals surface area contributed by atoms with Crippen LogP contribution in [0.3, 0.4) is 0 Å².